The number of carbonyl (C=O) groups excluding carboxylic acids is 1. The van der Waals surface area contributed by atoms with Crippen LogP contribution in [-0.2, 0) is 18.4 Å². The zero-order valence-corrected chi connectivity index (χ0v) is 17.6. The molecule has 0 radical (unpaired) electrons. The molecule has 3 heterocycles. The summed E-state index contributed by atoms with van der Waals surface area (Å²) in [5, 5.41) is 1.80. The van der Waals surface area contributed by atoms with Crippen LogP contribution in [0.2, 0.25) is 0 Å². The number of nitrogens with zero attached hydrogens (tertiary/aromatic N) is 2. The average molecular weight is 434 g/mol. The molecule has 0 N–H and O–H groups in total. The Hall–Kier alpha value is -3.12. The standard InChI is InChI=1S/C23H19N2O5P/c1-15-3-2-4-16(11-15)20-8-10-29-31(27,30-20)18-12-17-5-6-19-21(28-14-26)7-9-24-23(19)22(17)25-13-18/h2-7,9,11-14,20H,8,10H2,1H3. The Kier molecular flexibility index (Phi) is 5.02. The van der Waals surface area contributed by atoms with E-state index in [1.54, 1.807) is 24.4 Å². The number of benzene rings is 2. The second kappa shape index (κ2) is 7.85. The first kappa shape index (κ1) is 19.8. The van der Waals surface area contributed by atoms with Crippen LogP contribution in [0.5, 0.6) is 5.75 Å². The van der Waals surface area contributed by atoms with Gasteiger partial charge in [-0.25, -0.2) is 0 Å². The summed E-state index contributed by atoms with van der Waals surface area (Å²) < 4.78 is 30.3. The van der Waals surface area contributed by atoms with E-state index >= 15 is 0 Å². The largest absolute Gasteiger partial charge is 0.428 e. The minimum Gasteiger partial charge on any atom is -0.428 e. The Balaban J connectivity index is 1.54. The minimum absolute atomic E-state index is 0.309. The van der Waals surface area contributed by atoms with Gasteiger partial charge in [-0.05, 0) is 30.7 Å². The number of carbonyl (C=O) groups is 1. The molecule has 0 aliphatic carbocycles. The lowest BCUT2D eigenvalue weighted by molar-refractivity contribution is -0.120. The smallest absolute Gasteiger partial charge is 0.363 e. The van der Waals surface area contributed by atoms with Crippen LogP contribution >= 0.6 is 7.60 Å². The lowest BCUT2D eigenvalue weighted by Crippen LogP contribution is -2.20. The van der Waals surface area contributed by atoms with Crippen molar-refractivity contribution in [3.05, 3.63) is 72.1 Å². The highest BCUT2D eigenvalue weighted by Gasteiger charge is 2.36. The van der Waals surface area contributed by atoms with Crippen molar-refractivity contribution in [1.29, 1.82) is 0 Å². The van der Waals surface area contributed by atoms with Gasteiger partial charge >= 0.3 is 7.60 Å². The van der Waals surface area contributed by atoms with Crippen molar-refractivity contribution in [1.82, 2.24) is 9.97 Å². The highest BCUT2D eigenvalue weighted by atomic mass is 31.2. The van der Waals surface area contributed by atoms with Crippen molar-refractivity contribution in [2.45, 2.75) is 19.4 Å². The van der Waals surface area contributed by atoms with Crippen LogP contribution in [-0.4, -0.2) is 23.0 Å². The summed E-state index contributed by atoms with van der Waals surface area (Å²) in [5.74, 6) is 0.403. The fraction of sp³-hybridized carbons (Fsp3) is 0.174. The summed E-state index contributed by atoms with van der Waals surface area (Å²) in [5.41, 5.74) is 3.29. The van der Waals surface area contributed by atoms with E-state index in [1.807, 2.05) is 37.3 Å². The molecule has 31 heavy (non-hydrogen) atoms. The molecule has 0 amide bonds. The Morgan fingerprint density at radius 2 is 2.03 bits per heavy atom. The molecule has 0 bridgehead atoms. The normalized spacial score (nSPS) is 21.3. The van der Waals surface area contributed by atoms with E-state index in [1.165, 1.54) is 6.20 Å². The zero-order chi connectivity index (χ0) is 21.4. The number of hydrogen-bond acceptors (Lipinski definition) is 7. The molecule has 2 aromatic heterocycles. The molecule has 8 heteroatoms. The molecular weight excluding hydrogens is 415 g/mol. The van der Waals surface area contributed by atoms with Gasteiger partial charge in [0.15, 0.2) is 0 Å². The lowest BCUT2D eigenvalue weighted by Gasteiger charge is -2.30. The fourth-order valence-corrected chi connectivity index (χ4v) is 5.58. The van der Waals surface area contributed by atoms with E-state index in [0.717, 1.165) is 16.5 Å². The molecule has 4 aromatic rings. The quantitative estimate of drug-likeness (QED) is 0.263. The van der Waals surface area contributed by atoms with E-state index in [4.69, 9.17) is 13.8 Å². The molecule has 2 atom stereocenters. The number of ether oxygens (including phenoxy) is 1. The third-order valence-corrected chi connectivity index (χ3v) is 7.25. The van der Waals surface area contributed by atoms with Crippen LogP contribution in [0.1, 0.15) is 23.7 Å². The molecule has 0 spiro atoms. The van der Waals surface area contributed by atoms with E-state index in [2.05, 4.69) is 9.97 Å². The first-order valence-electron chi connectivity index (χ1n) is 9.85. The van der Waals surface area contributed by atoms with Gasteiger partial charge in [-0.15, -0.1) is 0 Å². The highest BCUT2D eigenvalue weighted by Crippen LogP contribution is 2.55. The second-order valence-electron chi connectivity index (χ2n) is 7.38. The van der Waals surface area contributed by atoms with Crippen LogP contribution in [0, 0.1) is 6.92 Å². The van der Waals surface area contributed by atoms with Crippen molar-refractivity contribution >= 4 is 41.2 Å². The Morgan fingerprint density at radius 3 is 2.87 bits per heavy atom. The summed E-state index contributed by atoms with van der Waals surface area (Å²) in [6, 6.07) is 15.0. The maximum Gasteiger partial charge on any atom is 0.363 e. The third-order valence-electron chi connectivity index (χ3n) is 5.32. The van der Waals surface area contributed by atoms with Crippen LogP contribution in [0.15, 0.2) is 60.9 Å². The summed E-state index contributed by atoms with van der Waals surface area (Å²) in [7, 11) is -3.54. The molecule has 1 aliphatic rings. The number of hydrogen-bond donors (Lipinski definition) is 0. The van der Waals surface area contributed by atoms with Crippen molar-refractivity contribution in [2.75, 3.05) is 6.61 Å². The second-order valence-corrected chi connectivity index (χ2v) is 9.36. The zero-order valence-electron chi connectivity index (χ0n) is 16.7. The van der Waals surface area contributed by atoms with Gasteiger partial charge in [0.25, 0.3) is 6.47 Å². The number of aromatic nitrogens is 2. The molecule has 2 aromatic carbocycles. The van der Waals surface area contributed by atoms with E-state index < -0.39 is 7.60 Å². The maximum absolute atomic E-state index is 13.6. The topological polar surface area (TPSA) is 87.6 Å². The van der Waals surface area contributed by atoms with Gasteiger partial charge in [-0.1, -0.05) is 35.9 Å². The Bertz CT molecular complexity index is 1360. The average Bonchev–Trinajstić information content (AvgIpc) is 2.79. The molecule has 156 valence electrons. The van der Waals surface area contributed by atoms with Crippen molar-refractivity contribution < 1.29 is 23.1 Å². The summed E-state index contributed by atoms with van der Waals surface area (Å²) in [6.07, 6.45) is 3.38. The number of pyridine rings is 2. The van der Waals surface area contributed by atoms with Crippen LogP contribution in [0.25, 0.3) is 21.8 Å². The number of rotatable bonds is 4. The molecule has 7 nitrogen and oxygen atoms in total. The van der Waals surface area contributed by atoms with Gasteiger partial charge in [-0.3, -0.25) is 23.9 Å². The van der Waals surface area contributed by atoms with Crippen LogP contribution in [0.3, 0.4) is 0 Å². The van der Waals surface area contributed by atoms with Gasteiger partial charge in [-0.2, -0.15) is 0 Å². The summed E-state index contributed by atoms with van der Waals surface area (Å²) in [6.45, 7) is 2.72. The van der Waals surface area contributed by atoms with Crippen molar-refractivity contribution in [3.63, 3.8) is 0 Å². The van der Waals surface area contributed by atoms with E-state index in [-0.39, 0.29) is 6.10 Å². The van der Waals surface area contributed by atoms with Gasteiger partial charge in [0.1, 0.15) is 11.3 Å². The third kappa shape index (κ3) is 3.61. The molecule has 1 fully saturated rings. The van der Waals surface area contributed by atoms with Crippen LogP contribution in [0.4, 0.5) is 0 Å². The van der Waals surface area contributed by atoms with Crippen molar-refractivity contribution in [3.8, 4) is 5.75 Å². The van der Waals surface area contributed by atoms with Gasteiger partial charge in [0, 0.05) is 29.6 Å². The molecule has 1 saturated heterocycles. The van der Waals surface area contributed by atoms with Crippen molar-refractivity contribution in [2.24, 2.45) is 0 Å². The lowest BCUT2D eigenvalue weighted by atomic mass is 10.0. The summed E-state index contributed by atoms with van der Waals surface area (Å²) >= 11 is 0. The fourth-order valence-electron chi connectivity index (χ4n) is 3.84. The number of aryl methyl sites for hydroxylation is 1. The number of fused-ring (bicyclic) bond motifs is 3. The SMILES string of the molecule is Cc1cccc(C2CCOP(=O)(c3cnc4c(ccc5c(OC=O)ccnc54)c3)O2)c1. The highest BCUT2D eigenvalue weighted by molar-refractivity contribution is 7.62. The molecule has 0 saturated carbocycles. The predicted octanol–water partition coefficient (Wildman–Crippen LogP) is 4.62. The molecule has 1 aliphatic heterocycles. The monoisotopic (exact) mass is 434 g/mol. The summed E-state index contributed by atoms with van der Waals surface area (Å²) in [4.78, 5) is 19.7. The van der Waals surface area contributed by atoms with Gasteiger partial charge in [0.05, 0.1) is 23.5 Å². The predicted molar refractivity (Wildman–Crippen MR) is 117 cm³/mol. The molecular formula is C23H19N2O5P. The first-order chi connectivity index (χ1) is 15.1. The Morgan fingerprint density at radius 1 is 1.13 bits per heavy atom. The van der Waals surface area contributed by atoms with E-state index in [0.29, 0.717) is 47.0 Å². The first-order valence-corrected chi connectivity index (χ1v) is 11.4. The van der Waals surface area contributed by atoms with Gasteiger partial charge in [0.2, 0.25) is 0 Å². The molecule has 5 rings (SSSR count). The maximum atomic E-state index is 13.6. The Labute approximate surface area is 178 Å². The van der Waals surface area contributed by atoms with Gasteiger partial charge < -0.3 is 9.26 Å². The van der Waals surface area contributed by atoms with E-state index in [9.17, 15) is 9.36 Å². The van der Waals surface area contributed by atoms with Crippen LogP contribution < -0.4 is 10.0 Å². The molecule has 2 unspecified atom stereocenters. The minimum atomic E-state index is -3.54.